The van der Waals surface area contributed by atoms with Crippen LogP contribution in [0.15, 0.2) is 0 Å². The van der Waals surface area contributed by atoms with Gasteiger partial charge in [0, 0.05) is 5.41 Å². The summed E-state index contributed by atoms with van der Waals surface area (Å²) in [4.78, 5) is 10.1. The van der Waals surface area contributed by atoms with E-state index in [0.717, 1.165) is 0 Å². The monoisotopic (exact) mass is 87.1 g/mol. The fourth-order valence-corrected chi connectivity index (χ4v) is 0. The zero-order valence-electron chi connectivity index (χ0n) is 5.41. The number of carbonyl (C=O) groups is 1. The first-order chi connectivity index (χ1) is 2.94. The molecule has 0 aliphatic heterocycles. The van der Waals surface area contributed by atoms with Crippen LogP contribution in [0.3, 0.4) is 0 Å². The van der Waals surface area contributed by atoms with Crippen molar-refractivity contribution < 1.29 is 6.17 Å². The standard InChI is InChI=1S/C5H10O/c1-5(2,3)4-6/h4H,1-3H3/i4D. The van der Waals surface area contributed by atoms with Crippen molar-refractivity contribution in [1.29, 1.82) is 0 Å². The van der Waals surface area contributed by atoms with E-state index < -0.39 is 11.7 Å². The van der Waals surface area contributed by atoms with E-state index in [1.54, 1.807) is 20.8 Å². The van der Waals surface area contributed by atoms with Crippen molar-refractivity contribution >= 4 is 6.26 Å². The van der Waals surface area contributed by atoms with E-state index in [4.69, 9.17) is 1.37 Å². The third-order valence-corrected chi connectivity index (χ3v) is 0.306. The normalized spacial score (nSPS) is 13.5. The predicted octanol–water partition coefficient (Wildman–Crippen LogP) is 1.23. The van der Waals surface area contributed by atoms with Gasteiger partial charge in [-0.1, -0.05) is 20.8 Å². The summed E-state index contributed by atoms with van der Waals surface area (Å²) in [6.45, 7) is 5.17. The van der Waals surface area contributed by atoms with Crippen LogP contribution >= 0.6 is 0 Å². The van der Waals surface area contributed by atoms with Gasteiger partial charge in [0.1, 0.15) is 7.63 Å². The van der Waals surface area contributed by atoms with E-state index in [-0.39, 0.29) is 0 Å². The van der Waals surface area contributed by atoms with Gasteiger partial charge in [0.2, 0.25) is 0 Å². The molecule has 36 valence electrons. The largest absolute Gasteiger partial charge is 0.303 e. The fraction of sp³-hybridized carbons (Fsp3) is 0.800. The van der Waals surface area contributed by atoms with Gasteiger partial charge < -0.3 is 4.79 Å². The molecule has 0 atom stereocenters. The molecule has 1 heteroatoms. The highest BCUT2D eigenvalue weighted by Crippen LogP contribution is 2.05. The van der Waals surface area contributed by atoms with Crippen LogP contribution in [0.2, 0.25) is 0 Å². The van der Waals surface area contributed by atoms with E-state index in [2.05, 4.69) is 0 Å². The van der Waals surface area contributed by atoms with Crippen molar-refractivity contribution in [3.05, 3.63) is 0 Å². The Hall–Kier alpha value is -0.330. The molecule has 0 fully saturated rings. The molecule has 0 N–H and O–H groups in total. The molecule has 0 spiro atoms. The summed E-state index contributed by atoms with van der Waals surface area (Å²) >= 11 is 0. The summed E-state index contributed by atoms with van der Waals surface area (Å²) < 4.78 is 6.59. The van der Waals surface area contributed by atoms with Gasteiger partial charge in [-0.3, -0.25) is 0 Å². The summed E-state index contributed by atoms with van der Waals surface area (Å²) in [5.74, 6) is 0. The van der Waals surface area contributed by atoms with Crippen LogP contribution in [-0.2, 0) is 4.79 Å². The van der Waals surface area contributed by atoms with Crippen LogP contribution in [-0.4, -0.2) is 6.26 Å². The van der Waals surface area contributed by atoms with Crippen LogP contribution < -0.4 is 0 Å². The third kappa shape index (κ3) is 3.67. The maximum Gasteiger partial charge on any atom is 0.125 e. The summed E-state index contributed by atoms with van der Waals surface area (Å²) in [7, 11) is 0. The number of hydrogen-bond donors (Lipinski definition) is 0. The Bertz CT molecular complexity index is 80.6. The molecule has 0 saturated carbocycles. The molecule has 0 aromatic carbocycles. The minimum absolute atomic E-state index is 0.472. The number of hydrogen-bond acceptors (Lipinski definition) is 1. The molecule has 0 amide bonds. The van der Waals surface area contributed by atoms with Crippen molar-refractivity contribution in [2.45, 2.75) is 20.8 Å². The van der Waals surface area contributed by atoms with Gasteiger partial charge in [-0.25, -0.2) is 0 Å². The Morgan fingerprint density at radius 1 is 1.67 bits per heavy atom. The minimum Gasteiger partial charge on any atom is -0.303 e. The maximum absolute atomic E-state index is 10.1. The molecular formula is C5H10O. The quantitative estimate of drug-likeness (QED) is 0.406. The summed E-state index contributed by atoms with van der Waals surface area (Å²) in [6, 6.07) is 0. The van der Waals surface area contributed by atoms with Gasteiger partial charge >= 0.3 is 0 Å². The topological polar surface area (TPSA) is 17.1 Å². The van der Waals surface area contributed by atoms with Crippen LogP contribution in [0.4, 0.5) is 0 Å². The Kier molecular flexibility index (Phi) is 0.906. The Labute approximate surface area is 39.8 Å². The zero-order chi connectivity index (χ0) is 6.08. The van der Waals surface area contributed by atoms with E-state index in [1.807, 2.05) is 0 Å². The number of carbonyl (C=O) groups excluding carboxylic acids is 1. The Balaban J connectivity index is 3.79. The molecule has 6 heavy (non-hydrogen) atoms. The third-order valence-electron chi connectivity index (χ3n) is 0.306. The summed E-state index contributed by atoms with van der Waals surface area (Å²) in [5.41, 5.74) is -0.472. The molecule has 1 nitrogen and oxygen atoms in total. The second-order valence-electron chi connectivity index (χ2n) is 2.35. The first kappa shape index (κ1) is 3.85. The van der Waals surface area contributed by atoms with Crippen molar-refractivity contribution in [3.8, 4) is 0 Å². The lowest BCUT2D eigenvalue weighted by Crippen LogP contribution is -2.04. The number of aldehydes is 1. The average molecular weight is 87.1 g/mol. The molecule has 0 aromatic rings. The second-order valence-corrected chi connectivity index (χ2v) is 2.35. The second kappa shape index (κ2) is 1.41. The average Bonchev–Trinajstić information content (AvgIpc) is 1.31. The van der Waals surface area contributed by atoms with Crippen LogP contribution in [0.1, 0.15) is 22.1 Å². The fourth-order valence-electron chi connectivity index (χ4n) is 0. The van der Waals surface area contributed by atoms with Gasteiger partial charge in [-0.05, 0) is 0 Å². The molecule has 0 heterocycles. The Morgan fingerprint density at radius 2 is 1.83 bits per heavy atom. The van der Waals surface area contributed by atoms with E-state index in [9.17, 15) is 4.79 Å². The lowest BCUT2D eigenvalue weighted by atomic mass is 10.0. The lowest BCUT2D eigenvalue weighted by molar-refractivity contribution is -0.113. The van der Waals surface area contributed by atoms with Gasteiger partial charge in [0.05, 0.1) is 0 Å². The first-order valence-corrected chi connectivity index (χ1v) is 1.95. The highest BCUT2D eigenvalue weighted by molar-refractivity contribution is 5.56. The van der Waals surface area contributed by atoms with Crippen LogP contribution in [0.5, 0.6) is 0 Å². The van der Waals surface area contributed by atoms with Gasteiger partial charge in [-0.15, -0.1) is 0 Å². The molecule has 0 saturated heterocycles. The molecule has 0 unspecified atom stereocenters. The highest BCUT2D eigenvalue weighted by Gasteiger charge is 2.04. The first-order valence-electron chi connectivity index (χ1n) is 2.45. The summed E-state index contributed by atoms with van der Waals surface area (Å²) in [6.07, 6.45) is -0.507. The van der Waals surface area contributed by atoms with Gasteiger partial charge in [0.25, 0.3) is 0 Å². The van der Waals surface area contributed by atoms with Gasteiger partial charge in [0.15, 0.2) is 0 Å². The smallest absolute Gasteiger partial charge is 0.125 e. The van der Waals surface area contributed by atoms with E-state index >= 15 is 0 Å². The van der Waals surface area contributed by atoms with Crippen molar-refractivity contribution in [3.63, 3.8) is 0 Å². The molecule has 0 aliphatic rings. The maximum atomic E-state index is 10.1. The van der Waals surface area contributed by atoms with Gasteiger partial charge in [-0.2, -0.15) is 0 Å². The summed E-state index contributed by atoms with van der Waals surface area (Å²) in [5, 5.41) is 0. The lowest BCUT2D eigenvalue weighted by Gasteiger charge is -2.03. The van der Waals surface area contributed by atoms with Crippen molar-refractivity contribution in [2.24, 2.45) is 5.41 Å². The van der Waals surface area contributed by atoms with Crippen molar-refractivity contribution in [2.75, 3.05) is 0 Å². The molecule has 0 rings (SSSR count). The molecule has 0 bridgehead atoms. The molecule has 0 radical (unpaired) electrons. The molecular weight excluding hydrogens is 76.1 g/mol. The highest BCUT2D eigenvalue weighted by atomic mass is 16.1. The van der Waals surface area contributed by atoms with E-state index in [1.165, 1.54) is 0 Å². The predicted molar refractivity (Wildman–Crippen MR) is 25.5 cm³/mol. The Morgan fingerprint density at radius 3 is 1.83 bits per heavy atom. The number of rotatable bonds is 0. The van der Waals surface area contributed by atoms with E-state index in [0.29, 0.717) is 0 Å². The molecule has 0 aliphatic carbocycles. The molecule has 0 aromatic heterocycles. The van der Waals surface area contributed by atoms with Crippen LogP contribution in [0.25, 0.3) is 0 Å². The SMILES string of the molecule is [2H]C(=O)C(C)(C)C. The zero-order valence-corrected chi connectivity index (χ0v) is 4.41. The van der Waals surface area contributed by atoms with Crippen LogP contribution in [0, 0.1) is 5.41 Å². The van der Waals surface area contributed by atoms with Crippen molar-refractivity contribution in [1.82, 2.24) is 0 Å². The minimum atomic E-state index is -0.507.